The number of hydrogen-bond acceptors (Lipinski definition) is 4. The molecule has 1 fully saturated rings. The number of aryl methyl sites for hydroxylation is 1. The number of nitrogens with zero attached hydrogens (tertiary/aromatic N) is 3. The Kier molecular flexibility index (Phi) is 4.77. The number of rotatable bonds is 3. The van der Waals surface area contributed by atoms with Crippen LogP contribution >= 0.6 is 0 Å². The summed E-state index contributed by atoms with van der Waals surface area (Å²) in [7, 11) is 1.77. The summed E-state index contributed by atoms with van der Waals surface area (Å²) < 4.78 is 0. The first-order valence-electron chi connectivity index (χ1n) is 7.26. The minimum absolute atomic E-state index is 0.0223. The fourth-order valence-electron chi connectivity index (χ4n) is 2.40. The van der Waals surface area contributed by atoms with Crippen molar-refractivity contribution in [3.8, 4) is 0 Å². The predicted molar refractivity (Wildman–Crippen MR) is 81.3 cm³/mol. The van der Waals surface area contributed by atoms with Crippen LogP contribution in [0.4, 0.5) is 5.69 Å². The zero-order chi connectivity index (χ0) is 15.4. The van der Waals surface area contributed by atoms with E-state index < -0.39 is 0 Å². The van der Waals surface area contributed by atoms with Gasteiger partial charge < -0.3 is 15.1 Å². The highest BCUT2D eigenvalue weighted by molar-refractivity contribution is 6.01. The largest absolute Gasteiger partial charge is 0.385 e. The van der Waals surface area contributed by atoms with E-state index in [0.717, 1.165) is 24.3 Å². The standard InChI is InChI=1S/C15H22N4O2/c1-4-16-13-8-11(2)17-9-12(13)15(21)19-7-5-6-18(3)14(20)10-19/h8-9H,4-7,10H2,1-3H3,(H,16,17). The maximum absolute atomic E-state index is 12.7. The number of hydrogen-bond donors (Lipinski definition) is 1. The highest BCUT2D eigenvalue weighted by Crippen LogP contribution is 2.18. The van der Waals surface area contributed by atoms with Gasteiger partial charge in [0.15, 0.2) is 0 Å². The van der Waals surface area contributed by atoms with Gasteiger partial charge in [-0.15, -0.1) is 0 Å². The van der Waals surface area contributed by atoms with Crippen LogP contribution in [-0.4, -0.2) is 59.8 Å². The minimum atomic E-state index is -0.137. The Labute approximate surface area is 125 Å². The first kappa shape index (κ1) is 15.3. The Balaban J connectivity index is 2.24. The average molecular weight is 290 g/mol. The van der Waals surface area contributed by atoms with Crippen molar-refractivity contribution in [3.63, 3.8) is 0 Å². The van der Waals surface area contributed by atoms with E-state index in [1.165, 1.54) is 0 Å². The van der Waals surface area contributed by atoms with E-state index in [1.54, 1.807) is 23.0 Å². The van der Waals surface area contributed by atoms with Crippen LogP contribution in [0.5, 0.6) is 0 Å². The van der Waals surface area contributed by atoms with E-state index in [4.69, 9.17) is 0 Å². The first-order valence-corrected chi connectivity index (χ1v) is 7.26. The second kappa shape index (κ2) is 6.56. The molecular weight excluding hydrogens is 268 g/mol. The van der Waals surface area contributed by atoms with E-state index in [9.17, 15) is 9.59 Å². The molecule has 0 saturated carbocycles. The fourth-order valence-corrected chi connectivity index (χ4v) is 2.40. The molecule has 2 heterocycles. The molecule has 1 aliphatic heterocycles. The van der Waals surface area contributed by atoms with Crippen LogP contribution in [0.3, 0.4) is 0 Å². The lowest BCUT2D eigenvalue weighted by Crippen LogP contribution is -2.38. The molecule has 0 radical (unpaired) electrons. The Morgan fingerprint density at radius 3 is 2.90 bits per heavy atom. The van der Waals surface area contributed by atoms with E-state index in [2.05, 4.69) is 10.3 Å². The maximum atomic E-state index is 12.7. The van der Waals surface area contributed by atoms with Crippen LogP contribution in [0.2, 0.25) is 0 Å². The molecule has 0 unspecified atom stereocenters. The Bertz CT molecular complexity index is 544. The smallest absolute Gasteiger partial charge is 0.257 e. The van der Waals surface area contributed by atoms with Gasteiger partial charge >= 0.3 is 0 Å². The van der Waals surface area contributed by atoms with Crippen molar-refractivity contribution in [1.82, 2.24) is 14.8 Å². The number of pyridine rings is 1. The fraction of sp³-hybridized carbons (Fsp3) is 0.533. The quantitative estimate of drug-likeness (QED) is 0.906. The van der Waals surface area contributed by atoms with Crippen LogP contribution < -0.4 is 5.32 Å². The van der Waals surface area contributed by atoms with Crippen molar-refractivity contribution < 1.29 is 9.59 Å². The number of likely N-dealkylation sites (N-methyl/N-ethyl adjacent to an activating group) is 1. The lowest BCUT2D eigenvalue weighted by molar-refractivity contribution is -0.129. The van der Waals surface area contributed by atoms with Crippen molar-refractivity contribution >= 4 is 17.5 Å². The summed E-state index contributed by atoms with van der Waals surface area (Å²) in [6, 6.07) is 1.86. The van der Waals surface area contributed by atoms with E-state index in [0.29, 0.717) is 18.7 Å². The molecule has 114 valence electrons. The van der Waals surface area contributed by atoms with Gasteiger partial charge in [-0.25, -0.2) is 0 Å². The van der Waals surface area contributed by atoms with Crippen LogP contribution in [0.1, 0.15) is 29.4 Å². The monoisotopic (exact) mass is 290 g/mol. The SMILES string of the molecule is CCNc1cc(C)ncc1C(=O)N1CCCN(C)C(=O)C1. The minimum Gasteiger partial charge on any atom is -0.385 e. The molecule has 0 spiro atoms. The van der Waals surface area contributed by atoms with Crippen molar-refractivity contribution in [2.24, 2.45) is 0 Å². The van der Waals surface area contributed by atoms with Gasteiger partial charge in [-0.1, -0.05) is 0 Å². The zero-order valence-electron chi connectivity index (χ0n) is 12.8. The Morgan fingerprint density at radius 1 is 1.43 bits per heavy atom. The summed E-state index contributed by atoms with van der Waals surface area (Å²) in [5.41, 5.74) is 2.16. The molecule has 0 atom stereocenters. The van der Waals surface area contributed by atoms with Crippen molar-refractivity contribution in [2.75, 3.05) is 38.5 Å². The lowest BCUT2D eigenvalue weighted by atomic mass is 10.1. The molecular formula is C15H22N4O2. The van der Waals surface area contributed by atoms with E-state index in [-0.39, 0.29) is 18.4 Å². The van der Waals surface area contributed by atoms with Gasteiger partial charge in [0, 0.05) is 38.6 Å². The molecule has 1 aromatic heterocycles. The van der Waals surface area contributed by atoms with Gasteiger partial charge in [0.25, 0.3) is 5.91 Å². The third kappa shape index (κ3) is 3.51. The van der Waals surface area contributed by atoms with Gasteiger partial charge in [-0.3, -0.25) is 14.6 Å². The molecule has 1 aliphatic rings. The number of nitrogens with one attached hydrogen (secondary N) is 1. The number of amides is 2. The predicted octanol–water partition coefficient (Wildman–Crippen LogP) is 1.13. The average Bonchev–Trinajstić information content (AvgIpc) is 2.61. The molecule has 2 rings (SSSR count). The van der Waals surface area contributed by atoms with Crippen molar-refractivity contribution in [3.05, 3.63) is 23.5 Å². The summed E-state index contributed by atoms with van der Waals surface area (Å²) in [6.45, 7) is 6.01. The van der Waals surface area contributed by atoms with Crippen LogP contribution in [0, 0.1) is 6.92 Å². The highest BCUT2D eigenvalue weighted by atomic mass is 16.2. The van der Waals surface area contributed by atoms with Crippen LogP contribution in [-0.2, 0) is 4.79 Å². The number of carbonyl (C=O) groups is 2. The Morgan fingerprint density at radius 2 is 2.19 bits per heavy atom. The van der Waals surface area contributed by atoms with E-state index >= 15 is 0 Å². The summed E-state index contributed by atoms with van der Waals surface area (Å²) >= 11 is 0. The molecule has 6 heteroatoms. The van der Waals surface area contributed by atoms with Gasteiger partial charge in [-0.05, 0) is 26.3 Å². The molecule has 2 amide bonds. The second-order valence-electron chi connectivity index (χ2n) is 5.30. The molecule has 6 nitrogen and oxygen atoms in total. The van der Waals surface area contributed by atoms with Crippen molar-refractivity contribution in [2.45, 2.75) is 20.3 Å². The zero-order valence-corrected chi connectivity index (χ0v) is 12.8. The molecule has 0 aromatic carbocycles. The van der Waals surface area contributed by atoms with Gasteiger partial charge in [0.2, 0.25) is 5.91 Å². The van der Waals surface area contributed by atoms with Crippen LogP contribution in [0.25, 0.3) is 0 Å². The lowest BCUT2D eigenvalue weighted by Gasteiger charge is -2.21. The molecule has 0 bridgehead atoms. The third-order valence-electron chi connectivity index (χ3n) is 3.60. The highest BCUT2D eigenvalue weighted by Gasteiger charge is 2.25. The molecule has 1 N–H and O–H groups in total. The second-order valence-corrected chi connectivity index (χ2v) is 5.30. The maximum Gasteiger partial charge on any atom is 0.257 e. The topological polar surface area (TPSA) is 65.5 Å². The molecule has 1 aromatic rings. The molecule has 0 aliphatic carbocycles. The number of carbonyl (C=O) groups excluding carboxylic acids is 2. The summed E-state index contributed by atoms with van der Waals surface area (Å²) in [4.78, 5) is 32.1. The van der Waals surface area contributed by atoms with E-state index in [1.807, 2.05) is 19.9 Å². The van der Waals surface area contributed by atoms with Gasteiger partial charge in [0.1, 0.15) is 6.54 Å². The Hall–Kier alpha value is -2.11. The number of anilines is 1. The third-order valence-corrected chi connectivity index (χ3v) is 3.60. The van der Waals surface area contributed by atoms with Gasteiger partial charge in [-0.2, -0.15) is 0 Å². The first-order chi connectivity index (χ1) is 10.0. The van der Waals surface area contributed by atoms with Crippen LogP contribution in [0.15, 0.2) is 12.3 Å². The summed E-state index contributed by atoms with van der Waals surface area (Å²) in [5, 5.41) is 3.19. The summed E-state index contributed by atoms with van der Waals surface area (Å²) in [5.74, 6) is -0.159. The van der Waals surface area contributed by atoms with Crippen molar-refractivity contribution in [1.29, 1.82) is 0 Å². The number of aromatic nitrogens is 1. The van der Waals surface area contributed by atoms with Gasteiger partial charge in [0.05, 0.1) is 11.3 Å². The summed E-state index contributed by atoms with van der Waals surface area (Å²) in [6.07, 6.45) is 2.39. The normalized spacial score (nSPS) is 15.9. The molecule has 21 heavy (non-hydrogen) atoms. The molecule has 1 saturated heterocycles.